The highest BCUT2D eigenvalue weighted by Gasteiger charge is 2.41. The van der Waals surface area contributed by atoms with Crippen molar-refractivity contribution in [2.24, 2.45) is 0 Å². The van der Waals surface area contributed by atoms with Crippen LogP contribution in [-0.2, 0) is 4.57 Å². The third kappa shape index (κ3) is 2.74. The molecule has 0 amide bonds. The number of hydrogen-bond donors (Lipinski definition) is 0. The van der Waals surface area contributed by atoms with Crippen LogP contribution in [0.25, 0.3) is 11.1 Å². The van der Waals surface area contributed by atoms with Crippen LogP contribution in [0.5, 0.6) is 0 Å². The van der Waals surface area contributed by atoms with Crippen molar-refractivity contribution in [2.75, 3.05) is 0 Å². The summed E-state index contributed by atoms with van der Waals surface area (Å²) in [5, 5.41) is 0.654. The molecule has 1 aliphatic rings. The van der Waals surface area contributed by atoms with Crippen molar-refractivity contribution in [2.45, 2.75) is 0 Å². The fourth-order valence-electron chi connectivity index (χ4n) is 2.39. The summed E-state index contributed by atoms with van der Waals surface area (Å²) < 4.78 is 12.0. The van der Waals surface area contributed by atoms with Gasteiger partial charge in [0, 0.05) is 11.1 Å². The van der Waals surface area contributed by atoms with E-state index in [0.717, 1.165) is 11.1 Å². The molecule has 0 aromatic heterocycles. The van der Waals surface area contributed by atoms with Gasteiger partial charge in [0.1, 0.15) is 0 Å². The van der Waals surface area contributed by atoms with Crippen LogP contribution in [0.4, 0.5) is 0 Å². The van der Waals surface area contributed by atoms with E-state index in [2.05, 4.69) is 0 Å². The summed E-state index contributed by atoms with van der Waals surface area (Å²) in [6.07, 6.45) is 0. The molecule has 106 valence electrons. The van der Waals surface area contributed by atoms with Gasteiger partial charge in [-0.15, -0.1) is 0 Å². The number of rotatable bonds is 0. The Labute approximate surface area is 130 Å². The van der Waals surface area contributed by atoms with Crippen molar-refractivity contribution in [3.05, 3.63) is 90.5 Å². The van der Waals surface area contributed by atoms with Crippen LogP contribution in [0.3, 0.4) is 0 Å². The van der Waals surface area contributed by atoms with Gasteiger partial charge in [-0.2, -0.15) is 0 Å². The molecule has 0 aliphatic carbocycles. The molecule has 2 nitrogen and oxygen atoms in total. The van der Waals surface area contributed by atoms with Gasteiger partial charge in [0.25, 0.3) is 0 Å². The van der Waals surface area contributed by atoms with Crippen LogP contribution in [-0.4, -0.2) is 5.52 Å². The average Bonchev–Trinajstić information content (AvgIpc) is 2.62. The molecule has 4 rings (SSSR count). The summed E-state index contributed by atoms with van der Waals surface area (Å²) in [4.78, 5) is 11.9. The predicted molar refractivity (Wildman–Crippen MR) is 89.9 cm³/mol. The summed E-state index contributed by atoms with van der Waals surface area (Å²) in [6, 6.07) is 26.7. The van der Waals surface area contributed by atoms with Crippen molar-refractivity contribution in [1.29, 1.82) is 0 Å². The van der Waals surface area contributed by atoms with E-state index in [1.54, 1.807) is 18.2 Å². The molecule has 0 fully saturated rings. The van der Waals surface area contributed by atoms with E-state index in [9.17, 15) is 9.36 Å². The van der Waals surface area contributed by atoms with E-state index in [4.69, 9.17) is 0 Å². The Morgan fingerprint density at radius 2 is 1.00 bits per heavy atom. The Hall–Kier alpha value is -2.57. The number of carbonyl (C=O) groups is 1. The van der Waals surface area contributed by atoms with Gasteiger partial charge in [-0.25, -0.2) is 4.79 Å². The number of benzene rings is 3. The molecule has 1 aliphatic heterocycles. The zero-order chi connectivity index (χ0) is 15.4. The fourth-order valence-corrected chi connectivity index (χ4v) is 3.65. The van der Waals surface area contributed by atoms with Crippen LogP contribution in [0.15, 0.2) is 84.9 Å². The van der Waals surface area contributed by atoms with Crippen LogP contribution in [0.1, 0.15) is 10.4 Å². The standard InChI is InChI=1S/C13H8O2P.C6H6/c14-13-11-7-2-1-5-9(11)10-6-3-4-8-12(10)16(13)15;1-2-4-6-5-3-1/h1-8H;1-6H/q+1;. The smallest absolute Gasteiger partial charge is 0.234 e. The van der Waals surface area contributed by atoms with Crippen molar-refractivity contribution in [3.8, 4) is 11.1 Å². The van der Waals surface area contributed by atoms with Crippen molar-refractivity contribution >= 4 is 18.6 Å². The first kappa shape index (κ1) is 14.4. The van der Waals surface area contributed by atoms with Gasteiger partial charge in [0.2, 0.25) is 5.30 Å². The Morgan fingerprint density at radius 3 is 1.59 bits per heavy atom. The first-order chi connectivity index (χ1) is 10.8. The Balaban J connectivity index is 0.000000202. The molecule has 3 aromatic carbocycles. The normalized spacial score (nSPS) is 13.5. The lowest BCUT2D eigenvalue weighted by Gasteiger charge is -2.09. The minimum atomic E-state index is -1.94. The fraction of sp³-hybridized carbons (Fsp3) is 0. The highest BCUT2D eigenvalue weighted by molar-refractivity contribution is 7.72. The van der Waals surface area contributed by atoms with Gasteiger partial charge < -0.3 is 0 Å². The summed E-state index contributed by atoms with van der Waals surface area (Å²) in [5.41, 5.74) is 2.11. The van der Waals surface area contributed by atoms with Gasteiger partial charge in [-0.1, -0.05) is 71.3 Å². The second kappa shape index (κ2) is 6.46. The maximum absolute atomic E-state index is 12.0. The zero-order valence-electron chi connectivity index (χ0n) is 11.8. The van der Waals surface area contributed by atoms with E-state index in [-0.39, 0.29) is 5.52 Å². The van der Waals surface area contributed by atoms with Crippen molar-refractivity contribution < 1.29 is 9.36 Å². The molecule has 0 spiro atoms. The summed E-state index contributed by atoms with van der Waals surface area (Å²) in [6.45, 7) is 0. The monoisotopic (exact) mass is 305 g/mol. The van der Waals surface area contributed by atoms with Crippen LogP contribution >= 0.6 is 7.80 Å². The molecular formula is C19H14O2P+. The Bertz CT molecular complexity index is 743. The highest BCUT2D eigenvalue weighted by atomic mass is 31.1. The molecule has 0 radical (unpaired) electrons. The second-order valence-corrected chi connectivity index (χ2v) is 6.29. The van der Waals surface area contributed by atoms with Crippen LogP contribution < -0.4 is 5.30 Å². The molecule has 1 unspecified atom stereocenters. The molecule has 0 saturated carbocycles. The van der Waals surface area contributed by atoms with E-state index in [1.165, 1.54) is 0 Å². The van der Waals surface area contributed by atoms with Gasteiger partial charge in [0.05, 0.1) is 5.56 Å². The molecule has 3 heteroatoms. The third-order valence-electron chi connectivity index (χ3n) is 3.42. The van der Waals surface area contributed by atoms with E-state index < -0.39 is 7.80 Å². The maximum Gasteiger partial charge on any atom is 0.459 e. The lowest BCUT2D eigenvalue weighted by Crippen LogP contribution is -2.14. The minimum Gasteiger partial charge on any atom is -0.234 e. The number of fused-ring (bicyclic) bond motifs is 3. The molecule has 3 aromatic rings. The van der Waals surface area contributed by atoms with Gasteiger partial charge in [0.15, 0.2) is 0 Å². The molecule has 1 atom stereocenters. The average molecular weight is 305 g/mol. The van der Waals surface area contributed by atoms with E-state index in [1.807, 2.05) is 66.7 Å². The van der Waals surface area contributed by atoms with Crippen molar-refractivity contribution in [3.63, 3.8) is 0 Å². The first-order valence-corrected chi connectivity index (χ1v) is 8.25. The van der Waals surface area contributed by atoms with Crippen LogP contribution in [0.2, 0.25) is 0 Å². The summed E-state index contributed by atoms with van der Waals surface area (Å²) >= 11 is 0. The zero-order valence-corrected chi connectivity index (χ0v) is 12.7. The molecular weight excluding hydrogens is 291 g/mol. The minimum absolute atomic E-state index is 0.260. The van der Waals surface area contributed by atoms with E-state index >= 15 is 0 Å². The Morgan fingerprint density at radius 1 is 0.545 bits per heavy atom. The van der Waals surface area contributed by atoms with Crippen molar-refractivity contribution in [1.82, 2.24) is 0 Å². The van der Waals surface area contributed by atoms with Gasteiger partial charge >= 0.3 is 13.3 Å². The quantitative estimate of drug-likeness (QED) is 0.567. The lowest BCUT2D eigenvalue weighted by atomic mass is 10.00. The molecule has 22 heavy (non-hydrogen) atoms. The lowest BCUT2D eigenvalue weighted by molar-refractivity contribution is 0.108. The molecule has 0 bridgehead atoms. The third-order valence-corrected chi connectivity index (χ3v) is 4.86. The first-order valence-electron chi connectivity index (χ1n) is 6.99. The highest BCUT2D eigenvalue weighted by Crippen LogP contribution is 2.39. The summed E-state index contributed by atoms with van der Waals surface area (Å²) in [7, 11) is -1.94. The molecule has 0 N–H and O–H groups in total. The van der Waals surface area contributed by atoms with Crippen LogP contribution in [0, 0.1) is 0 Å². The topological polar surface area (TPSA) is 34.1 Å². The summed E-state index contributed by atoms with van der Waals surface area (Å²) in [5.74, 6) is 0. The molecule has 1 heterocycles. The maximum atomic E-state index is 12.0. The largest absolute Gasteiger partial charge is 0.459 e. The Kier molecular flexibility index (Phi) is 4.22. The second-order valence-electron chi connectivity index (χ2n) is 4.82. The number of carbonyl (C=O) groups excluding carboxylic acids is 1. The van der Waals surface area contributed by atoms with Gasteiger partial charge in [-0.05, 0) is 18.2 Å². The molecule has 0 saturated heterocycles. The van der Waals surface area contributed by atoms with E-state index in [0.29, 0.717) is 10.9 Å². The predicted octanol–water partition coefficient (Wildman–Crippen LogP) is 4.65. The SMILES string of the molecule is O=C1c2ccccc2-c2ccccc2[P+]1=O.c1ccccc1. The number of hydrogen-bond acceptors (Lipinski definition) is 2. The van der Waals surface area contributed by atoms with Gasteiger partial charge in [-0.3, -0.25) is 0 Å².